The maximum absolute atomic E-state index is 13.7. The van der Waals surface area contributed by atoms with E-state index in [4.69, 9.17) is 34.8 Å². The second kappa shape index (κ2) is 9.94. The van der Waals surface area contributed by atoms with Crippen molar-refractivity contribution >= 4 is 58.0 Å². The van der Waals surface area contributed by atoms with Crippen molar-refractivity contribution in [1.82, 2.24) is 9.80 Å². The monoisotopic (exact) mass is 542 g/mol. The second-order valence-electron chi connectivity index (χ2n) is 9.27. The number of likely N-dealkylation sites (N-methyl/N-ethyl adjacent to an activating group) is 1. The normalized spacial score (nSPS) is 19.7. The Bertz CT molecular complexity index is 1340. The van der Waals surface area contributed by atoms with Gasteiger partial charge >= 0.3 is 0 Å². The largest absolute Gasteiger partial charge is 0.367 e. The molecule has 0 saturated carbocycles. The number of rotatable bonds is 5. The first-order valence-electron chi connectivity index (χ1n) is 11.7. The molecule has 2 aliphatic rings. The van der Waals surface area contributed by atoms with Gasteiger partial charge in [-0.05, 0) is 55.1 Å². The molecule has 186 valence electrons. The molecular weight excluding hydrogens is 519 g/mol. The van der Waals surface area contributed by atoms with E-state index in [0.717, 1.165) is 24.2 Å². The van der Waals surface area contributed by atoms with Crippen molar-refractivity contribution in [3.63, 3.8) is 0 Å². The first-order valence-corrected chi connectivity index (χ1v) is 12.8. The molecule has 2 N–H and O–H groups in total. The maximum Gasteiger partial charge on any atom is 0.256 e. The van der Waals surface area contributed by atoms with E-state index in [1.54, 1.807) is 36.4 Å². The van der Waals surface area contributed by atoms with Crippen LogP contribution < -0.4 is 10.6 Å². The summed E-state index contributed by atoms with van der Waals surface area (Å²) in [5, 5.41) is 7.96. The lowest BCUT2D eigenvalue weighted by molar-refractivity contribution is -0.119. The second-order valence-corrected chi connectivity index (χ2v) is 10.6. The minimum absolute atomic E-state index is 0.102. The Morgan fingerprint density at radius 2 is 1.64 bits per heavy atom. The molecule has 1 saturated heterocycles. The summed E-state index contributed by atoms with van der Waals surface area (Å²) >= 11 is 18.9. The summed E-state index contributed by atoms with van der Waals surface area (Å²) in [4.78, 5) is 31.3. The quantitative estimate of drug-likeness (QED) is 0.444. The van der Waals surface area contributed by atoms with Gasteiger partial charge in [-0.25, -0.2) is 0 Å². The molecule has 5 rings (SSSR count). The Morgan fingerprint density at radius 3 is 2.39 bits per heavy atom. The van der Waals surface area contributed by atoms with Crippen molar-refractivity contribution in [2.75, 3.05) is 43.9 Å². The highest BCUT2D eigenvalue weighted by Crippen LogP contribution is 2.43. The molecule has 2 heterocycles. The minimum Gasteiger partial charge on any atom is -0.367 e. The smallest absolute Gasteiger partial charge is 0.256 e. The van der Waals surface area contributed by atoms with E-state index in [1.807, 2.05) is 36.2 Å². The number of benzene rings is 3. The number of nitrogens with zero attached hydrogens (tertiary/aromatic N) is 2. The number of halogens is 3. The fourth-order valence-corrected chi connectivity index (χ4v) is 5.41. The Labute approximate surface area is 225 Å². The zero-order chi connectivity index (χ0) is 25.4. The minimum atomic E-state index is -1.22. The van der Waals surface area contributed by atoms with Crippen LogP contribution in [0.25, 0.3) is 0 Å². The number of fused-ring (bicyclic) bond motifs is 1. The van der Waals surface area contributed by atoms with Gasteiger partial charge in [-0.15, -0.1) is 0 Å². The molecule has 0 aliphatic carbocycles. The predicted octanol–water partition coefficient (Wildman–Crippen LogP) is 5.54. The lowest BCUT2D eigenvalue weighted by Crippen LogP contribution is -2.48. The zero-order valence-electron chi connectivity index (χ0n) is 19.7. The molecule has 1 fully saturated rings. The van der Waals surface area contributed by atoms with Crippen molar-refractivity contribution < 1.29 is 9.59 Å². The molecule has 3 aromatic carbocycles. The predicted molar refractivity (Wildman–Crippen MR) is 145 cm³/mol. The summed E-state index contributed by atoms with van der Waals surface area (Å²) in [5.74, 6) is -0.354. The van der Waals surface area contributed by atoms with Gasteiger partial charge in [0.2, 0.25) is 0 Å². The molecule has 6 nitrogen and oxygen atoms in total. The maximum atomic E-state index is 13.7. The van der Waals surface area contributed by atoms with Gasteiger partial charge in [0.05, 0.1) is 5.56 Å². The Hall–Kier alpha value is -2.77. The molecule has 3 aromatic rings. The Kier molecular flexibility index (Phi) is 6.88. The highest BCUT2D eigenvalue weighted by molar-refractivity contribution is 6.32. The van der Waals surface area contributed by atoms with Gasteiger partial charge in [0.25, 0.3) is 11.8 Å². The molecule has 36 heavy (non-hydrogen) atoms. The summed E-state index contributed by atoms with van der Waals surface area (Å²) in [6.45, 7) is 2.87. The number of nitrogens with one attached hydrogen (secondary N) is 2. The molecular formula is C27H25Cl3N4O2. The van der Waals surface area contributed by atoms with Gasteiger partial charge in [-0.3, -0.25) is 9.59 Å². The van der Waals surface area contributed by atoms with Gasteiger partial charge in [-0.2, -0.15) is 0 Å². The number of hydrogen-bond donors (Lipinski definition) is 2. The first-order chi connectivity index (χ1) is 17.2. The molecule has 0 bridgehead atoms. The van der Waals surface area contributed by atoms with Gasteiger partial charge in [-0.1, -0.05) is 53.0 Å². The standard InChI is InChI=1S/C27H25Cl3N4O2/c1-33-9-11-34(12-10-33)25(35)21-7-5-19(29)14-23(21)32-27(16-17-3-2-4-18(28)13-17)22-8-6-20(30)15-24(22)31-26(27)36/h2-8,13-15,32H,9-12,16H2,1H3,(H,31,36). The summed E-state index contributed by atoms with van der Waals surface area (Å²) in [7, 11) is 2.04. The van der Waals surface area contributed by atoms with Crippen LogP contribution in [0.1, 0.15) is 21.5 Å². The number of carbonyl (C=O) groups excluding carboxylic acids is 2. The van der Waals surface area contributed by atoms with Crippen molar-refractivity contribution in [3.8, 4) is 0 Å². The van der Waals surface area contributed by atoms with Gasteiger partial charge in [0, 0.05) is 64.6 Å². The van der Waals surface area contributed by atoms with Crippen LogP contribution in [-0.2, 0) is 16.8 Å². The van der Waals surface area contributed by atoms with Gasteiger partial charge in [0.15, 0.2) is 0 Å². The molecule has 0 spiro atoms. The number of piperazine rings is 1. The third-order valence-corrected chi connectivity index (χ3v) is 7.49. The topological polar surface area (TPSA) is 64.7 Å². The average molecular weight is 544 g/mol. The van der Waals surface area contributed by atoms with Crippen molar-refractivity contribution in [2.45, 2.75) is 12.0 Å². The van der Waals surface area contributed by atoms with E-state index >= 15 is 0 Å². The van der Waals surface area contributed by atoms with Crippen LogP contribution in [0.2, 0.25) is 15.1 Å². The number of hydrogen-bond acceptors (Lipinski definition) is 4. The van der Waals surface area contributed by atoms with Crippen LogP contribution in [0.3, 0.4) is 0 Å². The van der Waals surface area contributed by atoms with Crippen LogP contribution in [0, 0.1) is 0 Å². The Balaban J connectivity index is 1.59. The highest BCUT2D eigenvalue weighted by atomic mass is 35.5. The van der Waals surface area contributed by atoms with E-state index in [0.29, 0.717) is 51.5 Å². The van der Waals surface area contributed by atoms with Crippen molar-refractivity contribution in [3.05, 3.63) is 92.4 Å². The van der Waals surface area contributed by atoms with Gasteiger partial charge in [0.1, 0.15) is 5.54 Å². The summed E-state index contributed by atoms with van der Waals surface area (Å²) in [6.07, 6.45) is 0.294. The molecule has 1 atom stereocenters. The molecule has 0 radical (unpaired) electrons. The average Bonchev–Trinajstić information content (AvgIpc) is 3.09. The van der Waals surface area contributed by atoms with Crippen LogP contribution >= 0.6 is 34.8 Å². The molecule has 1 unspecified atom stereocenters. The molecule has 2 aliphatic heterocycles. The van der Waals surface area contributed by atoms with E-state index in [2.05, 4.69) is 15.5 Å². The summed E-state index contributed by atoms with van der Waals surface area (Å²) < 4.78 is 0. The lowest BCUT2D eigenvalue weighted by atomic mass is 9.84. The summed E-state index contributed by atoms with van der Waals surface area (Å²) in [6, 6.07) is 17.8. The van der Waals surface area contributed by atoms with Crippen LogP contribution in [0.5, 0.6) is 0 Å². The van der Waals surface area contributed by atoms with E-state index < -0.39 is 5.54 Å². The van der Waals surface area contributed by atoms with E-state index in [1.165, 1.54) is 0 Å². The number of anilines is 2. The fraction of sp³-hybridized carbons (Fsp3) is 0.259. The molecule has 2 amide bonds. The van der Waals surface area contributed by atoms with Gasteiger partial charge < -0.3 is 20.4 Å². The van der Waals surface area contributed by atoms with Crippen molar-refractivity contribution in [2.24, 2.45) is 0 Å². The Morgan fingerprint density at radius 1 is 0.944 bits per heavy atom. The third-order valence-electron chi connectivity index (χ3n) is 6.79. The van der Waals surface area contributed by atoms with Crippen LogP contribution in [0.4, 0.5) is 11.4 Å². The number of amides is 2. The van der Waals surface area contributed by atoms with Crippen LogP contribution in [-0.4, -0.2) is 54.8 Å². The fourth-order valence-electron chi connectivity index (χ4n) is 4.86. The number of carbonyl (C=O) groups is 2. The zero-order valence-corrected chi connectivity index (χ0v) is 21.9. The lowest BCUT2D eigenvalue weighted by Gasteiger charge is -2.34. The third kappa shape index (κ3) is 4.78. The first kappa shape index (κ1) is 24.9. The molecule has 0 aromatic heterocycles. The van der Waals surface area contributed by atoms with E-state index in [9.17, 15) is 9.59 Å². The summed E-state index contributed by atoms with van der Waals surface area (Å²) in [5.41, 5.74) is 1.95. The molecule has 9 heteroatoms. The van der Waals surface area contributed by atoms with Crippen molar-refractivity contribution in [1.29, 1.82) is 0 Å². The van der Waals surface area contributed by atoms with E-state index in [-0.39, 0.29) is 11.8 Å². The SMILES string of the molecule is CN1CCN(C(=O)c2ccc(Cl)cc2NC2(Cc3cccc(Cl)c3)C(=O)Nc3cc(Cl)ccc32)CC1. The highest BCUT2D eigenvalue weighted by Gasteiger charge is 2.47. The van der Waals surface area contributed by atoms with Crippen LogP contribution in [0.15, 0.2) is 60.7 Å².